The Kier molecular flexibility index (Phi) is 8.53. The van der Waals surface area contributed by atoms with Crippen LogP contribution < -0.4 is 4.90 Å². The van der Waals surface area contributed by atoms with Crippen LogP contribution in [0, 0.1) is 24.1 Å². The number of halogens is 1. The fourth-order valence-corrected chi connectivity index (χ4v) is 3.30. The summed E-state index contributed by atoms with van der Waals surface area (Å²) >= 11 is 0. The van der Waals surface area contributed by atoms with Gasteiger partial charge in [-0.15, -0.1) is 6.42 Å². The van der Waals surface area contributed by atoms with E-state index < -0.39 is 6.10 Å². The molecule has 2 N–H and O–H groups in total. The standard InChI is InChI=1S/C22H29FN2O2/c1-4-11-27-17-22(26)16-24(13-18(2)3)15-21-9-6-10-25(21)14-19-7-5-8-20(23)12-19/h1,5-10,12,18,22,26H,11,13-17H2,2-3H3/p+1/t22-/m1/s1. The number of ether oxygens (including phenoxy) is 1. The summed E-state index contributed by atoms with van der Waals surface area (Å²) in [5.41, 5.74) is 2.09. The molecule has 5 heteroatoms. The zero-order valence-electron chi connectivity index (χ0n) is 16.2. The van der Waals surface area contributed by atoms with Crippen molar-refractivity contribution >= 4 is 0 Å². The fraction of sp³-hybridized carbons (Fsp3) is 0.455. The predicted molar refractivity (Wildman–Crippen MR) is 105 cm³/mol. The number of nitrogens with zero attached hydrogens (tertiary/aromatic N) is 1. The molecule has 0 spiro atoms. The molecule has 2 rings (SSSR count). The lowest BCUT2D eigenvalue weighted by atomic mass is 10.2. The van der Waals surface area contributed by atoms with Gasteiger partial charge in [-0.1, -0.05) is 31.9 Å². The predicted octanol–water partition coefficient (Wildman–Crippen LogP) is 1.73. The molecular formula is C22H30FN2O2+. The highest BCUT2D eigenvalue weighted by Crippen LogP contribution is 2.09. The van der Waals surface area contributed by atoms with Crippen LogP contribution in [-0.4, -0.2) is 42.1 Å². The summed E-state index contributed by atoms with van der Waals surface area (Å²) < 4.78 is 20.9. The number of terminal acetylenes is 1. The van der Waals surface area contributed by atoms with Crippen molar-refractivity contribution < 1.29 is 19.1 Å². The molecule has 1 aromatic carbocycles. The molecule has 0 fully saturated rings. The van der Waals surface area contributed by atoms with Gasteiger partial charge in [0, 0.05) is 18.7 Å². The molecule has 0 saturated heterocycles. The van der Waals surface area contributed by atoms with Crippen LogP contribution in [0.25, 0.3) is 0 Å². The maximum absolute atomic E-state index is 13.5. The zero-order valence-corrected chi connectivity index (χ0v) is 16.2. The topological polar surface area (TPSA) is 38.8 Å². The number of nitrogens with one attached hydrogen (secondary N) is 1. The van der Waals surface area contributed by atoms with Gasteiger partial charge in [0.05, 0.1) is 18.8 Å². The molecule has 1 unspecified atom stereocenters. The van der Waals surface area contributed by atoms with Gasteiger partial charge in [0.2, 0.25) is 0 Å². The molecule has 27 heavy (non-hydrogen) atoms. The van der Waals surface area contributed by atoms with Crippen molar-refractivity contribution in [3.05, 3.63) is 59.7 Å². The Morgan fingerprint density at radius 3 is 2.78 bits per heavy atom. The van der Waals surface area contributed by atoms with Crippen molar-refractivity contribution in [3.8, 4) is 12.3 Å². The van der Waals surface area contributed by atoms with Gasteiger partial charge in [-0.3, -0.25) is 0 Å². The summed E-state index contributed by atoms with van der Waals surface area (Å²) in [5.74, 6) is 2.70. The van der Waals surface area contributed by atoms with E-state index in [0.717, 1.165) is 24.3 Å². The van der Waals surface area contributed by atoms with E-state index in [4.69, 9.17) is 11.2 Å². The second kappa shape index (κ2) is 10.9. The fourth-order valence-electron chi connectivity index (χ4n) is 3.30. The SMILES string of the molecule is C#CCOC[C@H](O)C[NH+](Cc1cccn1Cc1cccc(F)c1)CC(C)C. The van der Waals surface area contributed by atoms with Gasteiger partial charge in [0.1, 0.15) is 31.6 Å². The van der Waals surface area contributed by atoms with E-state index in [-0.39, 0.29) is 19.0 Å². The van der Waals surface area contributed by atoms with E-state index in [1.807, 2.05) is 18.3 Å². The molecule has 2 aromatic rings. The van der Waals surface area contributed by atoms with Gasteiger partial charge >= 0.3 is 0 Å². The van der Waals surface area contributed by atoms with E-state index in [1.165, 1.54) is 11.0 Å². The first-order valence-corrected chi connectivity index (χ1v) is 9.39. The molecule has 0 bridgehead atoms. The number of hydrogen-bond donors (Lipinski definition) is 2. The molecule has 4 nitrogen and oxygen atoms in total. The lowest BCUT2D eigenvalue weighted by molar-refractivity contribution is -0.920. The summed E-state index contributed by atoms with van der Waals surface area (Å²) in [5, 5.41) is 10.3. The summed E-state index contributed by atoms with van der Waals surface area (Å²) in [6, 6.07) is 10.8. The van der Waals surface area contributed by atoms with Gasteiger partial charge < -0.3 is 19.3 Å². The Bertz CT molecular complexity index is 736. The zero-order chi connectivity index (χ0) is 19.6. The minimum absolute atomic E-state index is 0.215. The highest BCUT2D eigenvalue weighted by Gasteiger charge is 2.19. The van der Waals surface area contributed by atoms with Crippen LogP contribution in [0.5, 0.6) is 0 Å². The number of benzene rings is 1. The van der Waals surface area contributed by atoms with Gasteiger partial charge in [0.25, 0.3) is 0 Å². The third-order valence-corrected chi connectivity index (χ3v) is 4.31. The minimum atomic E-state index is -0.557. The van der Waals surface area contributed by atoms with Gasteiger partial charge in [-0.05, 0) is 29.8 Å². The van der Waals surface area contributed by atoms with Crippen LogP contribution >= 0.6 is 0 Å². The monoisotopic (exact) mass is 373 g/mol. The first-order valence-electron chi connectivity index (χ1n) is 9.39. The van der Waals surface area contributed by atoms with E-state index >= 15 is 0 Å². The molecular weight excluding hydrogens is 343 g/mol. The number of aliphatic hydroxyl groups excluding tert-OH is 1. The molecule has 0 aliphatic heterocycles. The first kappa shape index (κ1) is 21.2. The van der Waals surface area contributed by atoms with Crippen LogP contribution in [0.3, 0.4) is 0 Å². The second-order valence-corrected chi connectivity index (χ2v) is 7.36. The van der Waals surface area contributed by atoms with Gasteiger partial charge in [-0.2, -0.15) is 0 Å². The Morgan fingerprint density at radius 2 is 2.07 bits per heavy atom. The average Bonchev–Trinajstić information content (AvgIpc) is 3.01. The second-order valence-electron chi connectivity index (χ2n) is 7.36. The summed E-state index contributed by atoms with van der Waals surface area (Å²) in [6.45, 7) is 7.75. The summed E-state index contributed by atoms with van der Waals surface area (Å²) in [6.07, 6.45) is 6.63. The van der Waals surface area contributed by atoms with Gasteiger partial charge in [0.15, 0.2) is 0 Å². The van der Waals surface area contributed by atoms with E-state index in [9.17, 15) is 9.50 Å². The number of quaternary nitrogens is 1. The maximum Gasteiger partial charge on any atom is 0.126 e. The third-order valence-electron chi connectivity index (χ3n) is 4.31. The van der Waals surface area contributed by atoms with E-state index in [1.54, 1.807) is 12.1 Å². The highest BCUT2D eigenvalue weighted by atomic mass is 19.1. The molecule has 0 radical (unpaired) electrons. The summed E-state index contributed by atoms with van der Waals surface area (Å²) in [4.78, 5) is 1.28. The van der Waals surface area contributed by atoms with E-state index in [2.05, 4.69) is 30.4 Å². The van der Waals surface area contributed by atoms with Crippen LogP contribution in [0.2, 0.25) is 0 Å². The van der Waals surface area contributed by atoms with Crippen molar-refractivity contribution in [2.24, 2.45) is 5.92 Å². The Morgan fingerprint density at radius 1 is 1.26 bits per heavy atom. The summed E-state index contributed by atoms with van der Waals surface area (Å²) in [7, 11) is 0. The van der Waals surface area contributed by atoms with Crippen molar-refractivity contribution in [2.45, 2.75) is 33.0 Å². The normalized spacial score (nSPS) is 13.5. The molecule has 0 amide bonds. The smallest absolute Gasteiger partial charge is 0.126 e. The lowest BCUT2D eigenvalue weighted by Gasteiger charge is -2.24. The van der Waals surface area contributed by atoms with Crippen LogP contribution in [0.1, 0.15) is 25.1 Å². The van der Waals surface area contributed by atoms with Crippen LogP contribution in [0.15, 0.2) is 42.6 Å². The quantitative estimate of drug-likeness (QED) is 0.465. The number of aromatic nitrogens is 1. The highest BCUT2D eigenvalue weighted by molar-refractivity contribution is 5.18. The third kappa shape index (κ3) is 7.56. The van der Waals surface area contributed by atoms with Crippen LogP contribution in [0.4, 0.5) is 4.39 Å². The minimum Gasteiger partial charge on any atom is -0.385 e. The average molecular weight is 373 g/mol. The maximum atomic E-state index is 13.5. The molecule has 1 aromatic heterocycles. The first-order chi connectivity index (χ1) is 13.0. The van der Waals surface area contributed by atoms with Crippen molar-refractivity contribution in [1.82, 2.24) is 4.57 Å². The largest absolute Gasteiger partial charge is 0.385 e. The Hall–Kier alpha value is -2.13. The lowest BCUT2D eigenvalue weighted by Crippen LogP contribution is -3.12. The van der Waals surface area contributed by atoms with Gasteiger partial charge in [-0.25, -0.2) is 4.39 Å². The molecule has 0 aliphatic carbocycles. The Balaban J connectivity index is 2.02. The van der Waals surface area contributed by atoms with E-state index in [0.29, 0.717) is 19.0 Å². The number of hydrogen-bond acceptors (Lipinski definition) is 2. The number of rotatable bonds is 11. The van der Waals surface area contributed by atoms with Crippen molar-refractivity contribution in [1.29, 1.82) is 0 Å². The number of aliphatic hydroxyl groups is 1. The molecule has 0 saturated carbocycles. The van der Waals surface area contributed by atoms with Crippen molar-refractivity contribution in [3.63, 3.8) is 0 Å². The molecule has 146 valence electrons. The molecule has 2 atom stereocenters. The van der Waals surface area contributed by atoms with Crippen molar-refractivity contribution in [2.75, 3.05) is 26.3 Å². The molecule has 0 aliphatic rings. The van der Waals surface area contributed by atoms with Crippen LogP contribution in [-0.2, 0) is 17.8 Å². The molecule has 1 heterocycles. The Labute approximate surface area is 161 Å².